The summed E-state index contributed by atoms with van der Waals surface area (Å²) in [5, 5.41) is 10.8. The van der Waals surface area contributed by atoms with Crippen molar-refractivity contribution >= 4 is 29.1 Å². The van der Waals surface area contributed by atoms with Crippen LogP contribution in [-0.4, -0.2) is 35.7 Å². The highest BCUT2D eigenvalue weighted by Crippen LogP contribution is 2.34. The number of hydrogen-bond donors (Lipinski definition) is 1. The molecule has 0 radical (unpaired) electrons. The molecule has 1 aliphatic carbocycles. The standard InChI is InChI=1S/C22H22N4O3/c1-14(27)26-12-10-16(11-13-26)21(28)23-17-8-6-15(7-9-17)20-18-4-2-3-5-19(18)22(29)25-24-20/h2-9,16,19H,10-13H2,1H3,(H,23,28). The zero-order valence-corrected chi connectivity index (χ0v) is 16.2. The number of amides is 3. The summed E-state index contributed by atoms with van der Waals surface area (Å²) in [5.74, 6) is -0.696. The quantitative estimate of drug-likeness (QED) is 0.858. The molecule has 1 aromatic carbocycles. The fourth-order valence-electron chi connectivity index (χ4n) is 3.84. The number of benzene rings is 1. The minimum absolute atomic E-state index is 0.0219. The molecule has 29 heavy (non-hydrogen) atoms. The van der Waals surface area contributed by atoms with Gasteiger partial charge in [0.15, 0.2) is 0 Å². The van der Waals surface area contributed by atoms with Crippen LogP contribution in [0.1, 0.15) is 25.3 Å². The Kier molecular flexibility index (Phi) is 5.20. The molecule has 3 amide bonds. The highest BCUT2D eigenvalue weighted by molar-refractivity contribution is 5.94. The van der Waals surface area contributed by atoms with Crippen molar-refractivity contribution in [2.24, 2.45) is 22.1 Å². The number of hydrogen-bond acceptors (Lipinski definition) is 4. The van der Waals surface area contributed by atoms with Crippen LogP contribution in [0.2, 0.25) is 0 Å². The Morgan fingerprint density at radius 2 is 1.79 bits per heavy atom. The van der Waals surface area contributed by atoms with Crippen LogP contribution in [0.4, 0.5) is 5.69 Å². The fraction of sp³-hybridized carbons (Fsp3) is 0.318. The molecule has 1 N–H and O–H groups in total. The summed E-state index contributed by atoms with van der Waals surface area (Å²) >= 11 is 0. The van der Waals surface area contributed by atoms with E-state index in [1.54, 1.807) is 11.8 Å². The minimum Gasteiger partial charge on any atom is -0.343 e. The van der Waals surface area contributed by atoms with Gasteiger partial charge in [-0.25, -0.2) is 0 Å². The molecular weight excluding hydrogens is 368 g/mol. The lowest BCUT2D eigenvalue weighted by atomic mass is 9.89. The van der Waals surface area contributed by atoms with Crippen LogP contribution in [0.3, 0.4) is 0 Å². The van der Waals surface area contributed by atoms with Gasteiger partial charge >= 0.3 is 0 Å². The predicted molar refractivity (Wildman–Crippen MR) is 109 cm³/mol. The van der Waals surface area contributed by atoms with E-state index in [-0.39, 0.29) is 29.6 Å². The van der Waals surface area contributed by atoms with Crippen molar-refractivity contribution < 1.29 is 14.4 Å². The number of piperidine rings is 1. The van der Waals surface area contributed by atoms with Crippen molar-refractivity contribution in [1.29, 1.82) is 0 Å². The van der Waals surface area contributed by atoms with Gasteiger partial charge in [-0.05, 0) is 30.5 Å². The second-order valence-corrected chi connectivity index (χ2v) is 7.41. The Balaban J connectivity index is 1.44. The second-order valence-electron chi connectivity index (χ2n) is 7.41. The van der Waals surface area contributed by atoms with Gasteiger partial charge in [0.25, 0.3) is 5.91 Å². The maximum absolute atomic E-state index is 12.5. The summed E-state index contributed by atoms with van der Waals surface area (Å²) in [5.41, 5.74) is 3.05. The highest BCUT2D eigenvalue weighted by atomic mass is 16.2. The number of nitrogens with zero attached hydrogens (tertiary/aromatic N) is 3. The summed E-state index contributed by atoms with van der Waals surface area (Å²) < 4.78 is 0. The van der Waals surface area contributed by atoms with Crippen LogP contribution in [0.25, 0.3) is 5.70 Å². The molecule has 1 saturated heterocycles. The normalized spacial score (nSPS) is 21.3. The molecule has 1 unspecified atom stereocenters. The molecule has 4 rings (SSSR count). The molecule has 1 aromatic rings. The van der Waals surface area contributed by atoms with Crippen LogP contribution in [0, 0.1) is 11.8 Å². The molecule has 0 aromatic heterocycles. The van der Waals surface area contributed by atoms with Gasteiger partial charge in [-0.2, -0.15) is 0 Å². The zero-order chi connectivity index (χ0) is 20.4. The lowest BCUT2D eigenvalue weighted by Gasteiger charge is -2.30. The summed E-state index contributed by atoms with van der Waals surface area (Å²) in [4.78, 5) is 37.7. The largest absolute Gasteiger partial charge is 0.343 e. The first kappa shape index (κ1) is 19.0. The van der Waals surface area contributed by atoms with Crippen molar-refractivity contribution in [2.75, 3.05) is 18.4 Å². The Bertz CT molecular complexity index is 964. The maximum atomic E-state index is 12.5. The van der Waals surface area contributed by atoms with Crippen LogP contribution in [0.5, 0.6) is 0 Å². The molecule has 0 saturated carbocycles. The van der Waals surface area contributed by atoms with E-state index < -0.39 is 0 Å². The number of azo groups is 1. The average molecular weight is 390 g/mol. The molecule has 0 bridgehead atoms. The number of rotatable bonds is 3. The van der Waals surface area contributed by atoms with Crippen LogP contribution in [-0.2, 0) is 14.4 Å². The summed E-state index contributed by atoms with van der Waals surface area (Å²) in [6.45, 7) is 2.80. The Morgan fingerprint density at radius 3 is 2.48 bits per heavy atom. The van der Waals surface area contributed by atoms with Gasteiger partial charge in [-0.3, -0.25) is 14.4 Å². The third-order valence-corrected chi connectivity index (χ3v) is 5.55. The van der Waals surface area contributed by atoms with Gasteiger partial charge in [0.1, 0.15) is 0 Å². The van der Waals surface area contributed by atoms with E-state index in [1.807, 2.05) is 48.6 Å². The molecule has 3 aliphatic rings. The van der Waals surface area contributed by atoms with Gasteiger partial charge in [0.05, 0.1) is 11.6 Å². The molecule has 0 spiro atoms. The minimum atomic E-state index is -0.382. The number of carbonyl (C=O) groups excluding carboxylic acids is 3. The van der Waals surface area contributed by atoms with Crippen molar-refractivity contribution in [3.8, 4) is 0 Å². The van der Waals surface area contributed by atoms with E-state index >= 15 is 0 Å². The summed E-state index contributed by atoms with van der Waals surface area (Å²) in [6.07, 6.45) is 8.78. The Morgan fingerprint density at radius 1 is 1.07 bits per heavy atom. The number of allylic oxidation sites excluding steroid dienone is 3. The number of anilines is 1. The Labute approximate surface area is 168 Å². The first-order valence-corrected chi connectivity index (χ1v) is 9.74. The third kappa shape index (κ3) is 3.94. The van der Waals surface area contributed by atoms with E-state index in [0.717, 1.165) is 11.1 Å². The van der Waals surface area contributed by atoms with Crippen molar-refractivity contribution in [3.05, 3.63) is 59.7 Å². The topological polar surface area (TPSA) is 91.2 Å². The van der Waals surface area contributed by atoms with Crippen LogP contribution < -0.4 is 5.32 Å². The van der Waals surface area contributed by atoms with Gasteiger partial charge in [-0.15, -0.1) is 10.2 Å². The Hall–Kier alpha value is -3.35. The molecular formula is C22H22N4O3. The van der Waals surface area contributed by atoms with E-state index in [9.17, 15) is 14.4 Å². The first-order chi connectivity index (χ1) is 14.0. The molecule has 2 aliphatic heterocycles. The number of fused-ring (bicyclic) bond motifs is 1. The lowest BCUT2D eigenvalue weighted by molar-refractivity contribution is -0.132. The van der Waals surface area contributed by atoms with Crippen molar-refractivity contribution in [1.82, 2.24) is 4.90 Å². The SMILES string of the molecule is CC(=O)N1CCC(C(=O)Nc2ccc(C3=C4C=CC=CC4C(=O)N=N3)cc2)CC1. The highest BCUT2D eigenvalue weighted by Gasteiger charge is 2.28. The summed E-state index contributed by atoms with van der Waals surface area (Å²) in [7, 11) is 0. The number of nitrogens with one attached hydrogen (secondary N) is 1. The third-order valence-electron chi connectivity index (χ3n) is 5.55. The van der Waals surface area contributed by atoms with Gasteiger partial charge < -0.3 is 10.2 Å². The zero-order valence-electron chi connectivity index (χ0n) is 16.2. The number of carbonyl (C=O) groups is 3. The molecule has 2 heterocycles. The molecule has 1 atom stereocenters. The van der Waals surface area contributed by atoms with Crippen molar-refractivity contribution in [2.45, 2.75) is 19.8 Å². The fourth-order valence-corrected chi connectivity index (χ4v) is 3.84. The molecule has 7 heteroatoms. The average Bonchev–Trinajstić information content (AvgIpc) is 2.75. The maximum Gasteiger partial charge on any atom is 0.276 e. The monoisotopic (exact) mass is 390 g/mol. The van der Waals surface area contributed by atoms with Gasteiger partial charge in [-0.1, -0.05) is 36.4 Å². The van der Waals surface area contributed by atoms with Gasteiger partial charge in [0, 0.05) is 37.2 Å². The van der Waals surface area contributed by atoms with Crippen molar-refractivity contribution in [3.63, 3.8) is 0 Å². The first-order valence-electron chi connectivity index (χ1n) is 9.74. The molecule has 1 fully saturated rings. The van der Waals surface area contributed by atoms with Crippen LogP contribution >= 0.6 is 0 Å². The second kappa shape index (κ2) is 7.95. The predicted octanol–water partition coefficient (Wildman–Crippen LogP) is 3.33. The summed E-state index contributed by atoms with van der Waals surface area (Å²) in [6, 6.07) is 7.40. The van der Waals surface area contributed by atoms with E-state index in [0.29, 0.717) is 37.3 Å². The molecule has 148 valence electrons. The van der Waals surface area contributed by atoms with E-state index in [2.05, 4.69) is 15.5 Å². The molecule has 7 nitrogen and oxygen atoms in total. The smallest absolute Gasteiger partial charge is 0.276 e. The van der Waals surface area contributed by atoms with E-state index in [4.69, 9.17) is 0 Å². The van der Waals surface area contributed by atoms with Gasteiger partial charge in [0.2, 0.25) is 11.8 Å². The van der Waals surface area contributed by atoms with Crippen LogP contribution in [0.15, 0.2) is 64.4 Å². The lowest BCUT2D eigenvalue weighted by Crippen LogP contribution is -2.40. The van der Waals surface area contributed by atoms with E-state index in [1.165, 1.54) is 0 Å². The number of likely N-dealkylation sites (tertiary alicyclic amines) is 1.